The lowest BCUT2D eigenvalue weighted by Gasteiger charge is -2.14. The molecule has 0 aromatic heterocycles. The Bertz CT molecular complexity index is 460. The fourth-order valence-corrected chi connectivity index (χ4v) is 1.97. The van der Waals surface area contributed by atoms with Gasteiger partial charge in [0.05, 0.1) is 13.2 Å². The molecule has 0 aliphatic carbocycles. The number of hydrogen-bond donors (Lipinski definition) is 1. The van der Waals surface area contributed by atoms with E-state index in [9.17, 15) is 4.79 Å². The van der Waals surface area contributed by atoms with Crippen molar-refractivity contribution in [3.05, 3.63) is 29.3 Å². The predicted octanol–water partition coefficient (Wildman–Crippen LogP) is 3.93. The SMILES string of the molecule is CCCCOCc1cc(C(=O)N[C@H](C)CC)ccc1OCC. The molecule has 0 fully saturated rings. The number of ether oxygens (including phenoxy) is 2. The van der Waals surface area contributed by atoms with E-state index in [-0.39, 0.29) is 11.9 Å². The van der Waals surface area contributed by atoms with Crippen molar-refractivity contribution in [2.45, 2.75) is 59.6 Å². The summed E-state index contributed by atoms with van der Waals surface area (Å²) in [5.74, 6) is 0.742. The molecule has 124 valence electrons. The number of carbonyl (C=O) groups is 1. The summed E-state index contributed by atoms with van der Waals surface area (Å²) in [4.78, 5) is 12.2. The molecule has 1 amide bonds. The lowest BCUT2D eigenvalue weighted by molar-refractivity contribution is 0.0938. The number of rotatable bonds is 10. The van der Waals surface area contributed by atoms with Crippen LogP contribution in [0, 0.1) is 0 Å². The monoisotopic (exact) mass is 307 g/mol. The van der Waals surface area contributed by atoms with Crippen molar-refractivity contribution >= 4 is 5.91 Å². The number of amides is 1. The average molecular weight is 307 g/mol. The van der Waals surface area contributed by atoms with E-state index in [4.69, 9.17) is 9.47 Å². The van der Waals surface area contributed by atoms with E-state index in [1.165, 1.54) is 0 Å². The molecule has 0 aliphatic rings. The van der Waals surface area contributed by atoms with Gasteiger partial charge in [0, 0.05) is 23.8 Å². The minimum atomic E-state index is -0.0489. The fourth-order valence-electron chi connectivity index (χ4n) is 1.97. The van der Waals surface area contributed by atoms with E-state index < -0.39 is 0 Å². The molecule has 0 saturated carbocycles. The highest BCUT2D eigenvalue weighted by Gasteiger charge is 2.12. The van der Waals surface area contributed by atoms with Gasteiger partial charge in [-0.2, -0.15) is 0 Å². The molecule has 4 heteroatoms. The molecule has 0 radical (unpaired) electrons. The standard InChI is InChI=1S/C18H29NO3/c1-5-8-11-21-13-16-12-15(9-10-17(16)22-7-3)18(20)19-14(4)6-2/h9-10,12,14H,5-8,11,13H2,1-4H3,(H,19,20)/t14-/m1/s1. The Kier molecular flexibility index (Phi) is 8.60. The Balaban J connectivity index is 2.81. The number of nitrogens with one attached hydrogen (secondary N) is 1. The summed E-state index contributed by atoms with van der Waals surface area (Å²) in [5.41, 5.74) is 1.58. The predicted molar refractivity (Wildman–Crippen MR) is 89.4 cm³/mol. The van der Waals surface area contributed by atoms with E-state index in [1.54, 1.807) is 6.07 Å². The highest BCUT2D eigenvalue weighted by molar-refractivity contribution is 5.94. The van der Waals surface area contributed by atoms with Gasteiger partial charge in [0.25, 0.3) is 5.91 Å². The molecule has 0 spiro atoms. The fraction of sp³-hybridized carbons (Fsp3) is 0.611. The third-order valence-corrected chi connectivity index (χ3v) is 3.51. The normalized spacial score (nSPS) is 12.0. The zero-order chi connectivity index (χ0) is 16.4. The molecule has 0 unspecified atom stereocenters. The van der Waals surface area contributed by atoms with Crippen LogP contribution in [-0.2, 0) is 11.3 Å². The first-order valence-corrected chi connectivity index (χ1v) is 8.26. The second-order valence-corrected chi connectivity index (χ2v) is 5.44. The largest absolute Gasteiger partial charge is 0.494 e. The smallest absolute Gasteiger partial charge is 0.251 e. The summed E-state index contributed by atoms with van der Waals surface area (Å²) in [6.07, 6.45) is 3.06. The number of carbonyl (C=O) groups excluding carboxylic acids is 1. The van der Waals surface area contributed by atoms with Crippen LogP contribution < -0.4 is 10.1 Å². The van der Waals surface area contributed by atoms with Crippen LogP contribution in [0.25, 0.3) is 0 Å². The van der Waals surface area contributed by atoms with Crippen LogP contribution in [-0.4, -0.2) is 25.2 Å². The van der Waals surface area contributed by atoms with Gasteiger partial charge in [-0.3, -0.25) is 4.79 Å². The number of hydrogen-bond acceptors (Lipinski definition) is 3. The summed E-state index contributed by atoms with van der Waals surface area (Å²) in [5, 5.41) is 2.98. The zero-order valence-electron chi connectivity index (χ0n) is 14.3. The van der Waals surface area contributed by atoms with Crippen LogP contribution in [0.1, 0.15) is 62.9 Å². The van der Waals surface area contributed by atoms with Gasteiger partial charge in [0.1, 0.15) is 5.75 Å². The van der Waals surface area contributed by atoms with E-state index in [2.05, 4.69) is 19.2 Å². The molecule has 1 aromatic carbocycles. The van der Waals surface area contributed by atoms with Gasteiger partial charge in [0.15, 0.2) is 0 Å². The minimum Gasteiger partial charge on any atom is -0.494 e. The van der Waals surface area contributed by atoms with Gasteiger partial charge in [0.2, 0.25) is 0 Å². The Morgan fingerprint density at radius 2 is 2.05 bits per heavy atom. The van der Waals surface area contributed by atoms with Gasteiger partial charge in [-0.25, -0.2) is 0 Å². The highest BCUT2D eigenvalue weighted by atomic mass is 16.5. The number of unbranched alkanes of at least 4 members (excludes halogenated alkanes) is 1. The molecule has 1 aromatic rings. The van der Waals surface area contributed by atoms with Gasteiger partial charge >= 0.3 is 0 Å². The maximum atomic E-state index is 12.2. The molecule has 1 N–H and O–H groups in total. The van der Waals surface area contributed by atoms with Crippen LogP contribution in [0.15, 0.2) is 18.2 Å². The van der Waals surface area contributed by atoms with E-state index in [0.29, 0.717) is 18.8 Å². The summed E-state index contributed by atoms with van der Waals surface area (Å²) >= 11 is 0. The van der Waals surface area contributed by atoms with E-state index in [1.807, 2.05) is 26.0 Å². The molecule has 1 atom stereocenters. The van der Waals surface area contributed by atoms with Crippen molar-refractivity contribution in [2.24, 2.45) is 0 Å². The van der Waals surface area contributed by atoms with Gasteiger partial charge in [-0.1, -0.05) is 20.3 Å². The lowest BCUT2D eigenvalue weighted by atomic mass is 10.1. The molecule has 0 heterocycles. The molecule has 22 heavy (non-hydrogen) atoms. The van der Waals surface area contributed by atoms with Crippen LogP contribution in [0.3, 0.4) is 0 Å². The Morgan fingerprint density at radius 1 is 1.27 bits per heavy atom. The molecule has 0 saturated heterocycles. The van der Waals surface area contributed by atoms with Crippen LogP contribution in [0.5, 0.6) is 5.75 Å². The van der Waals surface area contributed by atoms with Crippen molar-refractivity contribution in [1.29, 1.82) is 0 Å². The second-order valence-electron chi connectivity index (χ2n) is 5.44. The van der Waals surface area contributed by atoms with E-state index >= 15 is 0 Å². The Labute approximate surface area is 134 Å². The molecular formula is C18H29NO3. The lowest BCUT2D eigenvalue weighted by Crippen LogP contribution is -2.31. The van der Waals surface area contributed by atoms with Crippen molar-refractivity contribution < 1.29 is 14.3 Å². The van der Waals surface area contributed by atoms with Gasteiger partial charge < -0.3 is 14.8 Å². The van der Waals surface area contributed by atoms with Crippen molar-refractivity contribution in [2.75, 3.05) is 13.2 Å². The van der Waals surface area contributed by atoms with Gasteiger partial charge in [-0.15, -0.1) is 0 Å². The molecule has 0 aliphatic heterocycles. The number of benzene rings is 1. The maximum Gasteiger partial charge on any atom is 0.251 e. The maximum absolute atomic E-state index is 12.2. The minimum absolute atomic E-state index is 0.0489. The first-order valence-electron chi connectivity index (χ1n) is 8.26. The quantitative estimate of drug-likeness (QED) is 0.666. The molecule has 1 rings (SSSR count). The third kappa shape index (κ3) is 6.06. The van der Waals surface area contributed by atoms with Crippen LogP contribution in [0.4, 0.5) is 0 Å². The van der Waals surface area contributed by atoms with Gasteiger partial charge in [-0.05, 0) is 44.9 Å². The summed E-state index contributed by atoms with van der Waals surface area (Å²) in [7, 11) is 0. The topological polar surface area (TPSA) is 47.6 Å². The first kappa shape index (κ1) is 18.5. The first-order chi connectivity index (χ1) is 10.6. The molecule has 0 bridgehead atoms. The summed E-state index contributed by atoms with van der Waals surface area (Å²) in [6.45, 7) is 9.93. The summed E-state index contributed by atoms with van der Waals surface area (Å²) in [6, 6.07) is 5.70. The summed E-state index contributed by atoms with van der Waals surface area (Å²) < 4.78 is 11.3. The van der Waals surface area contributed by atoms with Crippen molar-refractivity contribution in [3.63, 3.8) is 0 Å². The van der Waals surface area contributed by atoms with Crippen LogP contribution >= 0.6 is 0 Å². The van der Waals surface area contributed by atoms with E-state index in [0.717, 1.165) is 37.2 Å². The third-order valence-electron chi connectivity index (χ3n) is 3.51. The molecule has 4 nitrogen and oxygen atoms in total. The molecular weight excluding hydrogens is 278 g/mol. The van der Waals surface area contributed by atoms with Crippen molar-refractivity contribution in [3.8, 4) is 5.75 Å². The second kappa shape index (κ2) is 10.2. The average Bonchev–Trinajstić information content (AvgIpc) is 2.52. The Morgan fingerprint density at radius 3 is 2.68 bits per heavy atom. The Hall–Kier alpha value is -1.55. The zero-order valence-corrected chi connectivity index (χ0v) is 14.3. The van der Waals surface area contributed by atoms with Crippen molar-refractivity contribution in [1.82, 2.24) is 5.32 Å². The van der Waals surface area contributed by atoms with Crippen LogP contribution in [0.2, 0.25) is 0 Å². The highest BCUT2D eigenvalue weighted by Crippen LogP contribution is 2.21.